The van der Waals surface area contributed by atoms with Crippen molar-refractivity contribution in [3.05, 3.63) is 108 Å². The SMILES string of the molecule is COc1ccc(NC(C/C=C/Cc2ccccc2)c2ccccc2F)cc1. The Hall–Kier alpha value is -3.07. The molecule has 0 bridgehead atoms. The second-order valence-electron chi connectivity index (χ2n) is 6.34. The van der Waals surface area contributed by atoms with Gasteiger partial charge in [0.15, 0.2) is 0 Å². The van der Waals surface area contributed by atoms with Crippen LogP contribution in [-0.4, -0.2) is 7.11 Å². The van der Waals surface area contributed by atoms with E-state index in [4.69, 9.17) is 4.74 Å². The Morgan fingerprint density at radius 2 is 1.59 bits per heavy atom. The molecule has 0 aromatic heterocycles. The lowest BCUT2D eigenvalue weighted by atomic mass is 10.0. The molecule has 3 aromatic rings. The molecule has 3 rings (SSSR count). The Bertz CT molecular complexity index is 859. The minimum Gasteiger partial charge on any atom is -0.497 e. The zero-order chi connectivity index (χ0) is 18.9. The summed E-state index contributed by atoms with van der Waals surface area (Å²) in [6.07, 6.45) is 5.81. The molecule has 1 unspecified atom stereocenters. The minimum absolute atomic E-state index is 0.147. The van der Waals surface area contributed by atoms with Crippen LogP contribution in [0.3, 0.4) is 0 Å². The van der Waals surface area contributed by atoms with Gasteiger partial charge in [-0.3, -0.25) is 0 Å². The van der Waals surface area contributed by atoms with Crippen LogP contribution >= 0.6 is 0 Å². The number of halogens is 1. The standard InChI is InChI=1S/C24H24FNO/c1-27-21-17-15-20(16-18-21)26-24(22-12-6-7-13-23(22)25)14-8-5-11-19-9-3-2-4-10-19/h2-10,12-13,15-18,24,26H,11,14H2,1H3/b8-5+. The smallest absolute Gasteiger partial charge is 0.128 e. The normalized spacial score (nSPS) is 12.1. The molecular weight excluding hydrogens is 337 g/mol. The van der Waals surface area contributed by atoms with Gasteiger partial charge in [0.05, 0.1) is 13.2 Å². The maximum absolute atomic E-state index is 14.4. The fourth-order valence-corrected chi connectivity index (χ4v) is 2.98. The fourth-order valence-electron chi connectivity index (χ4n) is 2.98. The van der Waals surface area contributed by atoms with Gasteiger partial charge in [-0.25, -0.2) is 4.39 Å². The Morgan fingerprint density at radius 3 is 2.30 bits per heavy atom. The van der Waals surface area contributed by atoms with E-state index in [9.17, 15) is 4.39 Å². The van der Waals surface area contributed by atoms with E-state index >= 15 is 0 Å². The summed E-state index contributed by atoms with van der Waals surface area (Å²) in [5.74, 6) is 0.603. The molecule has 0 amide bonds. The van der Waals surface area contributed by atoms with Crippen LogP contribution in [0.15, 0.2) is 91.0 Å². The van der Waals surface area contributed by atoms with Crippen molar-refractivity contribution >= 4 is 5.69 Å². The zero-order valence-corrected chi connectivity index (χ0v) is 15.4. The quantitative estimate of drug-likeness (QED) is 0.484. The van der Waals surface area contributed by atoms with Crippen LogP contribution in [0.5, 0.6) is 5.75 Å². The second-order valence-corrected chi connectivity index (χ2v) is 6.34. The lowest BCUT2D eigenvalue weighted by Gasteiger charge is -2.20. The topological polar surface area (TPSA) is 21.3 Å². The van der Waals surface area contributed by atoms with Crippen molar-refractivity contribution in [3.63, 3.8) is 0 Å². The summed E-state index contributed by atoms with van der Waals surface area (Å²) in [6, 6.07) is 24.8. The first-order valence-corrected chi connectivity index (χ1v) is 9.10. The molecule has 0 aliphatic carbocycles. The maximum atomic E-state index is 14.4. The average Bonchev–Trinajstić information content (AvgIpc) is 2.72. The Kier molecular flexibility index (Phi) is 6.64. The largest absolute Gasteiger partial charge is 0.497 e. The van der Waals surface area contributed by atoms with Crippen molar-refractivity contribution < 1.29 is 9.13 Å². The van der Waals surface area contributed by atoms with E-state index in [-0.39, 0.29) is 11.9 Å². The van der Waals surface area contributed by atoms with Gasteiger partial charge in [-0.1, -0.05) is 60.7 Å². The van der Waals surface area contributed by atoms with Crippen molar-refractivity contribution in [2.24, 2.45) is 0 Å². The lowest BCUT2D eigenvalue weighted by Crippen LogP contribution is -2.11. The third-order valence-electron chi connectivity index (χ3n) is 4.45. The minimum atomic E-state index is -0.194. The first-order valence-electron chi connectivity index (χ1n) is 9.10. The number of nitrogens with one attached hydrogen (secondary N) is 1. The summed E-state index contributed by atoms with van der Waals surface area (Å²) in [6.45, 7) is 0. The number of anilines is 1. The van der Waals surface area contributed by atoms with E-state index in [1.165, 1.54) is 11.6 Å². The van der Waals surface area contributed by atoms with Gasteiger partial charge in [0.25, 0.3) is 0 Å². The highest BCUT2D eigenvalue weighted by Crippen LogP contribution is 2.26. The van der Waals surface area contributed by atoms with Gasteiger partial charge in [0.2, 0.25) is 0 Å². The summed E-state index contributed by atoms with van der Waals surface area (Å²) >= 11 is 0. The van der Waals surface area contributed by atoms with E-state index < -0.39 is 0 Å². The summed E-state index contributed by atoms with van der Waals surface area (Å²) in [7, 11) is 1.64. The molecule has 1 atom stereocenters. The summed E-state index contributed by atoms with van der Waals surface area (Å²) < 4.78 is 19.6. The van der Waals surface area contributed by atoms with Gasteiger partial charge in [-0.2, -0.15) is 0 Å². The van der Waals surface area contributed by atoms with Crippen LogP contribution in [0.2, 0.25) is 0 Å². The van der Waals surface area contributed by atoms with Gasteiger partial charge in [0, 0.05) is 11.3 Å². The van der Waals surface area contributed by atoms with Crippen molar-refractivity contribution in [2.45, 2.75) is 18.9 Å². The molecule has 1 N–H and O–H groups in total. The summed E-state index contributed by atoms with van der Waals surface area (Å²) in [5, 5.41) is 3.44. The second kappa shape index (κ2) is 9.58. The Balaban J connectivity index is 1.72. The molecule has 27 heavy (non-hydrogen) atoms. The number of rotatable bonds is 8. The van der Waals surface area contributed by atoms with Crippen LogP contribution in [-0.2, 0) is 6.42 Å². The molecule has 0 fully saturated rings. The van der Waals surface area contributed by atoms with E-state index in [0.717, 1.165) is 17.9 Å². The first-order chi connectivity index (χ1) is 13.3. The van der Waals surface area contributed by atoms with Crippen molar-refractivity contribution in [3.8, 4) is 5.75 Å². The first kappa shape index (κ1) is 18.7. The third kappa shape index (κ3) is 5.45. The highest BCUT2D eigenvalue weighted by atomic mass is 19.1. The molecule has 0 aliphatic rings. The number of allylic oxidation sites excluding steroid dienone is 1. The van der Waals surface area contributed by atoms with Gasteiger partial charge in [-0.15, -0.1) is 0 Å². The van der Waals surface area contributed by atoms with Crippen molar-refractivity contribution in [1.29, 1.82) is 0 Å². The molecule has 3 aromatic carbocycles. The van der Waals surface area contributed by atoms with E-state index in [0.29, 0.717) is 12.0 Å². The van der Waals surface area contributed by atoms with E-state index in [2.05, 4.69) is 29.6 Å². The Labute approximate surface area is 160 Å². The molecule has 0 aliphatic heterocycles. The van der Waals surface area contributed by atoms with Crippen LogP contribution in [0.1, 0.15) is 23.6 Å². The number of ether oxygens (including phenoxy) is 1. The monoisotopic (exact) mass is 361 g/mol. The summed E-state index contributed by atoms with van der Waals surface area (Å²) in [4.78, 5) is 0. The predicted molar refractivity (Wildman–Crippen MR) is 110 cm³/mol. The van der Waals surface area contributed by atoms with Gasteiger partial charge in [-0.05, 0) is 48.7 Å². The molecular formula is C24H24FNO. The molecule has 2 nitrogen and oxygen atoms in total. The molecule has 0 spiro atoms. The number of methoxy groups -OCH3 is 1. The maximum Gasteiger partial charge on any atom is 0.128 e. The van der Waals surface area contributed by atoms with Crippen LogP contribution in [0, 0.1) is 5.82 Å². The zero-order valence-electron chi connectivity index (χ0n) is 15.4. The van der Waals surface area contributed by atoms with Crippen molar-refractivity contribution in [1.82, 2.24) is 0 Å². The molecule has 0 saturated carbocycles. The lowest BCUT2D eigenvalue weighted by molar-refractivity contribution is 0.415. The molecule has 138 valence electrons. The van der Waals surface area contributed by atoms with Crippen LogP contribution < -0.4 is 10.1 Å². The van der Waals surface area contributed by atoms with Gasteiger partial charge >= 0.3 is 0 Å². The van der Waals surface area contributed by atoms with Gasteiger partial charge < -0.3 is 10.1 Å². The number of hydrogen-bond acceptors (Lipinski definition) is 2. The highest BCUT2D eigenvalue weighted by molar-refractivity contribution is 5.48. The fraction of sp³-hybridized carbons (Fsp3) is 0.167. The van der Waals surface area contributed by atoms with Crippen LogP contribution in [0.4, 0.5) is 10.1 Å². The van der Waals surface area contributed by atoms with Gasteiger partial charge in [0.1, 0.15) is 11.6 Å². The molecule has 0 heterocycles. The highest BCUT2D eigenvalue weighted by Gasteiger charge is 2.14. The third-order valence-corrected chi connectivity index (χ3v) is 4.45. The number of hydrogen-bond donors (Lipinski definition) is 1. The number of benzene rings is 3. The molecule has 0 saturated heterocycles. The summed E-state index contributed by atoms with van der Waals surface area (Å²) in [5.41, 5.74) is 2.86. The molecule has 3 heteroatoms. The molecule has 0 radical (unpaired) electrons. The predicted octanol–water partition coefficient (Wildman–Crippen LogP) is 6.18. The van der Waals surface area contributed by atoms with E-state index in [1.807, 2.05) is 54.6 Å². The Morgan fingerprint density at radius 1 is 0.889 bits per heavy atom. The van der Waals surface area contributed by atoms with Crippen LogP contribution in [0.25, 0.3) is 0 Å². The van der Waals surface area contributed by atoms with Crippen molar-refractivity contribution in [2.75, 3.05) is 12.4 Å². The average molecular weight is 361 g/mol. The van der Waals surface area contributed by atoms with E-state index in [1.54, 1.807) is 13.2 Å².